The van der Waals surface area contributed by atoms with Crippen molar-refractivity contribution in [1.29, 1.82) is 0 Å². The van der Waals surface area contributed by atoms with E-state index in [1.165, 1.54) is 0 Å². The molecule has 0 aliphatic heterocycles. The van der Waals surface area contributed by atoms with Gasteiger partial charge in [0.2, 0.25) is 0 Å². The van der Waals surface area contributed by atoms with E-state index in [2.05, 4.69) is 20.7 Å². The molecule has 0 saturated carbocycles. The number of carbonyl (C=O) groups excluding carboxylic acids is 1. The van der Waals surface area contributed by atoms with Gasteiger partial charge in [-0.2, -0.15) is 5.90 Å². The Morgan fingerprint density at radius 3 is 2.56 bits per heavy atom. The minimum Gasteiger partial charge on any atom is -0.376 e. The summed E-state index contributed by atoms with van der Waals surface area (Å²) in [4.78, 5) is 18.6. The summed E-state index contributed by atoms with van der Waals surface area (Å²) in [6.07, 6.45) is 5.08. The molecular weight excluding hydrogens is 122 g/mol. The number of aromatic amines is 1. The van der Waals surface area contributed by atoms with Gasteiger partial charge >= 0.3 is 6.47 Å². The van der Waals surface area contributed by atoms with Crippen molar-refractivity contribution in [2.45, 2.75) is 0 Å². The molecule has 1 aromatic heterocycles. The summed E-state index contributed by atoms with van der Waals surface area (Å²) in [6, 6.07) is 0. The molecule has 1 rings (SSSR count). The van der Waals surface area contributed by atoms with E-state index >= 15 is 0 Å². The lowest BCUT2D eigenvalue weighted by Crippen LogP contribution is -1.92. The average molecular weight is 129 g/mol. The lowest BCUT2D eigenvalue weighted by atomic mass is 11.0. The van der Waals surface area contributed by atoms with Crippen molar-refractivity contribution in [3.05, 3.63) is 18.7 Å². The van der Waals surface area contributed by atoms with Gasteiger partial charge in [-0.3, -0.25) is 4.79 Å². The maximum absolute atomic E-state index is 8.83. The topological polar surface area (TPSA) is 81.0 Å². The number of nitrogens with two attached hydrogens (primary N) is 1. The number of H-pyrrole nitrogens is 1. The van der Waals surface area contributed by atoms with Gasteiger partial charge in [0.25, 0.3) is 0 Å². The van der Waals surface area contributed by atoms with Crippen LogP contribution in [0.1, 0.15) is 0 Å². The van der Waals surface area contributed by atoms with Gasteiger partial charge in [0.05, 0.1) is 6.33 Å². The first-order valence-electron chi connectivity index (χ1n) is 2.13. The highest BCUT2D eigenvalue weighted by Gasteiger charge is 1.56. The van der Waals surface area contributed by atoms with Crippen LogP contribution >= 0.6 is 0 Å². The standard InChI is InChI=1S/C3H4N2.CH3NO2/c1-2-5-3-4-1;2-4-1-3/h1-3H,(H,4,5);1H,2H2. The summed E-state index contributed by atoms with van der Waals surface area (Å²) in [5.41, 5.74) is 0. The monoisotopic (exact) mass is 129 g/mol. The first-order chi connectivity index (χ1) is 4.41. The van der Waals surface area contributed by atoms with Crippen molar-refractivity contribution in [2.75, 3.05) is 0 Å². The third-order valence-corrected chi connectivity index (χ3v) is 0.461. The summed E-state index contributed by atoms with van der Waals surface area (Å²) < 4.78 is 0. The summed E-state index contributed by atoms with van der Waals surface area (Å²) in [5.74, 6) is 4.16. The molecule has 3 N–H and O–H groups in total. The van der Waals surface area contributed by atoms with Crippen molar-refractivity contribution < 1.29 is 9.63 Å². The van der Waals surface area contributed by atoms with Crippen LogP contribution in [0, 0.1) is 0 Å². The van der Waals surface area contributed by atoms with Crippen LogP contribution in [0.2, 0.25) is 0 Å². The number of hydrogen-bond donors (Lipinski definition) is 2. The fraction of sp³-hybridized carbons (Fsp3) is 0. The molecule has 9 heavy (non-hydrogen) atoms. The van der Waals surface area contributed by atoms with E-state index in [4.69, 9.17) is 4.79 Å². The van der Waals surface area contributed by atoms with Crippen molar-refractivity contribution in [3.8, 4) is 0 Å². The third-order valence-electron chi connectivity index (χ3n) is 0.461. The molecule has 0 saturated heterocycles. The van der Waals surface area contributed by atoms with E-state index in [-0.39, 0.29) is 6.47 Å². The Morgan fingerprint density at radius 1 is 1.78 bits per heavy atom. The third kappa shape index (κ3) is 6.64. The second-order valence-corrected chi connectivity index (χ2v) is 0.993. The maximum atomic E-state index is 8.83. The quantitative estimate of drug-likeness (QED) is 0.393. The molecule has 0 radical (unpaired) electrons. The second-order valence-electron chi connectivity index (χ2n) is 0.993. The molecule has 0 bridgehead atoms. The molecule has 5 heteroatoms. The first-order valence-corrected chi connectivity index (χ1v) is 2.13. The van der Waals surface area contributed by atoms with E-state index in [0.717, 1.165) is 0 Å². The fourth-order valence-electron chi connectivity index (χ4n) is 0.215. The van der Waals surface area contributed by atoms with Crippen LogP contribution in [0.3, 0.4) is 0 Å². The maximum Gasteiger partial charge on any atom is 0.312 e. The number of carbonyl (C=O) groups is 1. The Bertz CT molecular complexity index is 111. The van der Waals surface area contributed by atoms with E-state index < -0.39 is 0 Å². The number of rotatable bonds is 1. The minimum absolute atomic E-state index is 0.153. The van der Waals surface area contributed by atoms with Gasteiger partial charge in [0.1, 0.15) is 0 Å². The summed E-state index contributed by atoms with van der Waals surface area (Å²) >= 11 is 0. The molecule has 0 aromatic carbocycles. The molecule has 0 unspecified atom stereocenters. The Morgan fingerprint density at radius 2 is 2.44 bits per heavy atom. The Hall–Kier alpha value is -1.36. The summed E-state index contributed by atoms with van der Waals surface area (Å²) in [7, 11) is 0. The predicted octanol–water partition coefficient (Wildman–Crippen LogP) is -0.557. The van der Waals surface area contributed by atoms with Gasteiger partial charge in [-0.1, -0.05) is 0 Å². The second kappa shape index (κ2) is 6.64. The molecule has 50 valence electrons. The van der Waals surface area contributed by atoms with Crippen LogP contribution in [0.5, 0.6) is 0 Å². The van der Waals surface area contributed by atoms with E-state index in [0.29, 0.717) is 0 Å². The van der Waals surface area contributed by atoms with Gasteiger partial charge in [0, 0.05) is 12.4 Å². The number of imidazole rings is 1. The Kier molecular flexibility index (Phi) is 5.64. The Labute approximate surface area is 51.8 Å². The van der Waals surface area contributed by atoms with Crippen LogP contribution in [0.15, 0.2) is 18.7 Å². The van der Waals surface area contributed by atoms with Crippen LogP contribution in [0.4, 0.5) is 0 Å². The van der Waals surface area contributed by atoms with Gasteiger partial charge < -0.3 is 9.82 Å². The van der Waals surface area contributed by atoms with Gasteiger partial charge in [-0.25, -0.2) is 4.98 Å². The highest BCUT2D eigenvalue weighted by atomic mass is 16.6. The molecule has 0 aliphatic carbocycles. The van der Waals surface area contributed by atoms with Crippen LogP contribution < -0.4 is 5.90 Å². The smallest absolute Gasteiger partial charge is 0.312 e. The number of nitrogens with one attached hydrogen (secondary N) is 1. The fourth-order valence-corrected chi connectivity index (χ4v) is 0.215. The lowest BCUT2D eigenvalue weighted by Gasteiger charge is -1.66. The predicted molar refractivity (Wildman–Crippen MR) is 29.9 cm³/mol. The van der Waals surface area contributed by atoms with Gasteiger partial charge in [-0.15, -0.1) is 0 Å². The molecule has 1 heterocycles. The lowest BCUT2D eigenvalue weighted by molar-refractivity contribution is -0.129. The van der Waals surface area contributed by atoms with Gasteiger partial charge in [-0.05, 0) is 0 Å². The SMILES string of the molecule is NOC=O.c1c[nH]cn1. The zero-order valence-corrected chi connectivity index (χ0v) is 4.65. The van der Waals surface area contributed by atoms with Crippen LogP contribution in [-0.4, -0.2) is 16.4 Å². The highest BCUT2D eigenvalue weighted by molar-refractivity contribution is 5.35. The van der Waals surface area contributed by atoms with Crippen LogP contribution in [-0.2, 0) is 9.63 Å². The molecule has 0 fully saturated rings. The summed E-state index contributed by atoms with van der Waals surface area (Å²) in [6.45, 7) is 0.153. The van der Waals surface area contributed by atoms with Crippen LogP contribution in [0.25, 0.3) is 0 Å². The zero-order chi connectivity index (χ0) is 6.95. The van der Waals surface area contributed by atoms with Crippen molar-refractivity contribution in [2.24, 2.45) is 5.90 Å². The van der Waals surface area contributed by atoms with E-state index in [1.807, 2.05) is 0 Å². The highest BCUT2D eigenvalue weighted by Crippen LogP contribution is 1.62. The molecule has 0 amide bonds. The zero-order valence-electron chi connectivity index (χ0n) is 4.65. The molecule has 0 aliphatic rings. The normalized spacial score (nSPS) is 6.78. The number of nitrogens with zero attached hydrogens (tertiary/aromatic N) is 1. The van der Waals surface area contributed by atoms with Gasteiger partial charge in [0.15, 0.2) is 0 Å². The minimum atomic E-state index is 0.153. The Balaban J connectivity index is 0.000000148. The molecule has 1 aromatic rings. The van der Waals surface area contributed by atoms with Crippen molar-refractivity contribution >= 4 is 6.47 Å². The molecule has 0 spiro atoms. The number of aromatic nitrogens is 2. The molecular formula is C4H7N3O2. The number of hydrogen-bond acceptors (Lipinski definition) is 4. The molecule has 5 nitrogen and oxygen atoms in total. The van der Waals surface area contributed by atoms with Crippen molar-refractivity contribution in [1.82, 2.24) is 9.97 Å². The molecule has 0 atom stereocenters. The van der Waals surface area contributed by atoms with E-state index in [9.17, 15) is 0 Å². The largest absolute Gasteiger partial charge is 0.376 e. The van der Waals surface area contributed by atoms with E-state index in [1.54, 1.807) is 18.7 Å². The van der Waals surface area contributed by atoms with Crippen molar-refractivity contribution in [3.63, 3.8) is 0 Å². The first kappa shape index (κ1) is 7.64. The summed E-state index contributed by atoms with van der Waals surface area (Å²) in [5, 5.41) is 0. The average Bonchev–Trinajstić information content (AvgIpc) is 2.43.